The van der Waals surface area contributed by atoms with Crippen LogP contribution in [0.5, 0.6) is 5.75 Å². The predicted octanol–water partition coefficient (Wildman–Crippen LogP) is 9.42. The number of esters is 3. The molecule has 2 saturated carbocycles. The summed E-state index contributed by atoms with van der Waals surface area (Å²) in [6.07, 6.45) is 6.83. The molecule has 0 spiro atoms. The van der Waals surface area contributed by atoms with Crippen molar-refractivity contribution in [2.45, 2.75) is 89.3 Å². The van der Waals surface area contributed by atoms with Crippen LogP contribution in [0.25, 0.3) is 22.3 Å². The molecular formula is C43H48O7. The van der Waals surface area contributed by atoms with Gasteiger partial charge in [0.05, 0.1) is 12.2 Å². The van der Waals surface area contributed by atoms with Gasteiger partial charge in [-0.15, -0.1) is 0 Å². The van der Waals surface area contributed by atoms with E-state index in [0.29, 0.717) is 34.3 Å². The fourth-order valence-corrected chi connectivity index (χ4v) is 6.91. The minimum atomic E-state index is -0.447. The Morgan fingerprint density at radius 1 is 0.620 bits per heavy atom. The minimum absolute atomic E-state index is 0.0854. The smallest absolute Gasteiger partial charge is 0.338 e. The summed E-state index contributed by atoms with van der Waals surface area (Å²) in [5, 5.41) is 0. The summed E-state index contributed by atoms with van der Waals surface area (Å²) >= 11 is 0. The number of methoxy groups -OCH3 is 1. The van der Waals surface area contributed by atoms with Gasteiger partial charge in [-0.25, -0.2) is 14.4 Å². The zero-order valence-electron chi connectivity index (χ0n) is 29.5. The zero-order chi connectivity index (χ0) is 35.8. The van der Waals surface area contributed by atoms with Crippen molar-refractivity contribution < 1.29 is 33.3 Å². The highest BCUT2D eigenvalue weighted by molar-refractivity contribution is 5.89. The zero-order valence-corrected chi connectivity index (χ0v) is 29.5. The Bertz CT molecular complexity index is 1720. The Balaban J connectivity index is 1.34. The molecule has 2 fully saturated rings. The van der Waals surface area contributed by atoms with E-state index in [1.807, 2.05) is 12.1 Å². The molecule has 0 amide bonds. The number of hydrogen-bond acceptors (Lipinski definition) is 7. The number of carbonyl (C=O) groups excluding carboxylic acids is 3. The van der Waals surface area contributed by atoms with E-state index in [0.717, 1.165) is 68.1 Å². The van der Waals surface area contributed by atoms with Crippen LogP contribution in [0.15, 0.2) is 103 Å². The van der Waals surface area contributed by atoms with Gasteiger partial charge in [0.15, 0.2) is 0 Å². The van der Waals surface area contributed by atoms with Gasteiger partial charge in [0.2, 0.25) is 0 Å². The summed E-state index contributed by atoms with van der Waals surface area (Å²) in [6, 6.07) is 23.1. The van der Waals surface area contributed by atoms with Gasteiger partial charge in [-0.1, -0.05) is 68.3 Å². The second-order valence-electron chi connectivity index (χ2n) is 13.7. The second kappa shape index (κ2) is 16.8. The maximum absolute atomic E-state index is 12.3. The lowest BCUT2D eigenvalue weighted by Gasteiger charge is -2.30. The molecule has 50 heavy (non-hydrogen) atoms. The third-order valence-corrected chi connectivity index (χ3v) is 9.78. The summed E-state index contributed by atoms with van der Waals surface area (Å²) in [6.45, 7) is 14.6. The van der Waals surface area contributed by atoms with Crippen LogP contribution in [0, 0.1) is 0 Å². The van der Waals surface area contributed by atoms with Crippen LogP contribution < -0.4 is 4.74 Å². The molecule has 0 heterocycles. The van der Waals surface area contributed by atoms with Gasteiger partial charge in [0.25, 0.3) is 0 Å². The molecule has 7 heteroatoms. The molecule has 3 aromatic rings. The van der Waals surface area contributed by atoms with Crippen LogP contribution in [0.4, 0.5) is 0 Å². The first-order valence-corrected chi connectivity index (χ1v) is 17.5. The molecule has 0 radical (unpaired) electrons. The van der Waals surface area contributed by atoms with Crippen molar-refractivity contribution in [2.24, 2.45) is 0 Å². The summed E-state index contributed by atoms with van der Waals surface area (Å²) in [7, 11) is 1.54. The molecule has 0 N–H and O–H groups in total. The van der Waals surface area contributed by atoms with E-state index in [2.05, 4.69) is 62.2 Å². The van der Waals surface area contributed by atoms with Gasteiger partial charge in [0.1, 0.15) is 18.0 Å². The third kappa shape index (κ3) is 9.27. The molecule has 7 nitrogen and oxygen atoms in total. The minimum Gasteiger partial charge on any atom is -0.459 e. The van der Waals surface area contributed by atoms with Crippen LogP contribution in [0.3, 0.4) is 0 Å². The summed E-state index contributed by atoms with van der Waals surface area (Å²) in [5.41, 5.74) is 8.11. The molecule has 0 saturated heterocycles. The molecule has 0 aliphatic heterocycles. The topological polar surface area (TPSA) is 88.1 Å². The maximum atomic E-state index is 12.3. The van der Waals surface area contributed by atoms with Gasteiger partial charge in [-0.2, -0.15) is 0 Å². The first-order chi connectivity index (χ1) is 24.0. The Labute approximate surface area is 296 Å². The van der Waals surface area contributed by atoms with Crippen molar-refractivity contribution in [1.82, 2.24) is 0 Å². The molecule has 0 atom stereocenters. The first-order valence-electron chi connectivity index (χ1n) is 17.5. The molecule has 2 aliphatic rings. The number of benzene rings is 3. The van der Waals surface area contributed by atoms with E-state index in [4.69, 9.17) is 18.9 Å². The number of carbonyl (C=O) groups is 3. The third-order valence-electron chi connectivity index (χ3n) is 9.78. The first kappa shape index (κ1) is 36.5. The average molecular weight is 677 g/mol. The van der Waals surface area contributed by atoms with Crippen LogP contribution in [-0.4, -0.2) is 43.8 Å². The van der Waals surface area contributed by atoms with Crippen LogP contribution in [0.1, 0.15) is 88.2 Å². The molecule has 5 rings (SSSR count). The van der Waals surface area contributed by atoms with E-state index in [1.165, 1.54) is 23.8 Å². The van der Waals surface area contributed by atoms with E-state index in [9.17, 15) is 14.4 Å². The van der Waals surface area contributed by atoms with Crippen LogP contribution in [0.2, 0.25) is 0 Å². The Hall–Kier alpha value is -4.75. The number of ether oxygens (including phenoxy) is 4. The number of hydrogen-bond donors (Lipinski definition) is 0. The predicted molar refractivity (Wildman–Crippen MR) is 196 cm³/mol. The van der Waals surface area contributed by atoms with Crippen LogP contribution in [-0.2, 0) is 28.6 Å². The van der Waals surface area contributed by atoms with Crippen LogP contribution >= 0.6 is 0 Å². The van der Waals surface area contributed by atoms with Gasteiger partial charge in [0, 0.05) is 18.3 Å². The highest BCUT2D eigenvalue weighted by Gasteiger charge is 2.28. The standard InChI is InChI=1S/C43H48O7/c1-27(2)41(44)48-36-20-13-32(14-21-36)35-17-24-39(33-15-22-37(23-16-33)49-42(45)28(3)4)40(25-35)34-9-7-30(8-10-34)31-11-18-38(19-12-31)50-43(46)29(5)26-47-6/h7-10,13-14,17,20-21,24-25,31,33,37-38H,1,3,5,11-12,15-16,18-19,22-23,26H2,2,4,6H3. The highest BCUT2D eigenvalue weighted by Crippen LogP contribution is 2.42. The molecule has 262 valence electrons. The van der Waals surface area contributed by atoms with Crippen molar-refractivity contribution >= 4 is 17.9 Å². The van der Waals surface area contributed by atoms with Crippen molar-refractivity contribution in [3.8, 4) is 28.0 Å². The maximum Gasteiger partial charge on any atom is 0.338 e. The van der Waals surface area contributed by atoms with Gasteiger partial charge in [-0.05, 0) is 129 Å². The second-order valence-corrected chi connectivity index (χ2v) is 13.7. The van der Waals surface area contributed by atoms with E-state index in [-0.39, 0.29) is 30.8 Å². The monoisotopic (exact) mass is 676 g/mol. The summed E-state index contributed by atoms with van der Waals surface area (Å²) in [5.74, 6) is 0.0736. The molecule has 3 aromatic carbocycles. The lowest BCUT2D eigenvalue weighted by molar-refractivity contribution is -0.147. The Morgan fingerprint density at radius 3 is 1.70 bits per heavy atom. The van der Waals surface area contributed by atoms with Crippen molar-refractivity contribution in [1.29, 1.82) is 0 Å². The summed E-state index contributed by atoms with van der Waals surface area (Å²) in [4.78, 5) is 36.4. The lowest BCUT2D eigenvalue weighted by atomic mass is 9.78. The van der Waals surface area contributed by atoms with E-state index < -0.39 is 5.97 Å². The van der Waals surface area contributed by atoms with E-state index in [1.54, 1.807) is 26.0 Å². The Kier molecular flexibility index (Phi) is 12.3. The highest BCUT2D eigenvalue weighted by atomic mass is 16.6. The fourth-order valence-electron chi connectivity index (χ4n) is 6.91. The SMILES string of the molecule is C=C(C)C(=O)Oc1ccc(-c2ccc(C3CCC(OC(=O)C(=C)C)CC3)c(-c3ccc(C4CCC(OC(=O)C(=C)COC)CC4)cc3)c2)cc1. The quantitative estimate of drug-likeness (QED) is 0.107. The normalized spacial score (nSPS) is 20.3. The van der Waals surface area contributed by atoms with Crippen molar-refractivity contribution in [3.05, 3.63) is 114 Å². The van der Waals surface area contributed by atoms with Gasteiger partial charge < -0.3 is 18.9 Å². The molecular weight excluding hydrogens is 628 g/mol. The average Bonchev–Trinajstić information content (AvgIpc) is 3.12. The lowest BCUT2D eigenvalue weighted by Crippen LogP contribution is -2.25. The fraction of sp³-hybridized carbons (Fsp3) is 0.372. The van der Waals surface area contributed by atoms with Gasteiger partial charge >= 0.3 is 17.9 Å². The van der Waals surface area contributed by atoms with Crippen molar-refractivity contribution in [2.75, 3.05) is 13.7 Å². The summed E-state index contributed by atoms with van der Waals surface area (Å²) < 4.78 is 21.8. The largest absolute Gasteiger partial charge is 0.459 e. The molecule has 2 aliphatic carbocycles. The van der Waals surface area contributed by atoms with E-state index >= 15 is 0 Å². The molecule has 0 unspecified atom stereocenters. The Morgan fingerprint density at radius 2 is 1.14 bits per heavy atom. The van der Waals surface area contributed by atoms with Crippen molar-refractivity contribution in [3.63, 3.8) is 0 Å². The molecule has 0 bridgehead atoms. The number of rotatable bonds is 12. The molecule has 0 aromatic heterocycles. The van der Waals surface area contributed by atoms with Gasteiger partial charge in [-0.3, -0.25) is 0 Å².